The molecular weight excluding hydrogens is 312 g/mol. The number of cyclic esters (lactones) is 1. The van der Waals surface area contributed by atoms with Gasteiger partial charge in [0.1, 0.15) is 11.5 Å². The number of esters is 1. The van der Waals surface area contributed by atoms with Crippen LogP contribution in [0.2, 0.25) is 0 Å². The van der Waals surface area contributed by atoms with Crippen molar-refractivity contribution in [3.8, 4) is 5.75 Å². The lowest BCUT2D eigenvalue weighted by atomic mass is 10.0. The average Bonchev–Trinajstić information content (AvgIpc) is 3.02. The Balaban J connectivity index is 1.79. The van der Waals surface area contributed by atoms with Crippen LogP contribution >= 0.6 is 0 Å². The lowest BCUT2D eigenvalue weighted by molar-refractivity contribution is -0.130. The summed E-state index contributed by atoms with van der Waals surface area (Å²) in [6.07, 6.45) is 3.58. The van der Waals surface area contributed by atoms with Gasteiger partial charge in [-0.1, -0.05) is 60.7 Å². The molecule has 0 N–H and O–H groups in total. The normalized spacial score (nSPS) is 15.3. The minimum atomic E-state index is -0.353. The van der Waals surface area contributed by atoms with E-state index in [1.165, 1.54) is 0 Å². The Morgan fingerprint density at radius 3 is 2.56 bits per heavy atom. The summed E-state index contributed by atoms with van der Waals surface area (Å²) < 4.78 is 10.9. The molecule has 0 saturated heterocycles. The number of benzene rings is 3. The van der Waals surface area contributed by atoms with Gasteiger partial charge in [0, 0.05) is 11.1 Å². The summed E-state index contributed by atoms with van der Waals surface area (Å²) in [7, 11) is 1.61. The van der Waals surface area contributed by atoms with E-state index in [1.54, 1.807) is 19.3 Å². The van der Waals surface area contributed by atoms with E-state index < -0.39 is 0 Å². The summed E-state index contributed by atoms with van der Waals surface area (Å²) in [5, 5.41) is 2.17. The van der Waals surface area contributed by atoms with E-state index in [9.17, 15) is 4.79 Å². The zero-order chi connectivity index (χ0) is 17.2. The van der Waals surface area contributed by atoms with Crippen LogP contribution < -0.4 is 4.74 Å². The molecule has 1 heterocycles. The van der Waals surface area contributed by atoms with Crippen molar-refractivity contribution in [2.75, 3.05) is 7.11 Å². The molecule has 1 aliphatic heterocycles. The molecule has 0 aromatic heterocycles. The van der Waals surface area contributed by atoms with E-state index in [-0.39, 0.29) is 5.97 Å². The van der Waals surface area contributed by atoms with Gasteiger partial charge in [-0.05, 0) is 29.0 Å². The topological polar surface area (TPSA) is 35.5 Å². The summed E-state index contributed by atoms with van der Waals surface area (Å²) >= 11 is 0. The second kappa shape index (κ2) is 6.29. The van der Waals surface area contributed by atoms with Crippen LogP contribution in [0.15, 0.2) is 78.4 Å². The van der Waals surface area contributed by atoms with Crippen LogP contribution in [0, 0.1) is 0 Å². The summed E-state index contributed by atoms with van der Waals surface area (Å²) in [5.74, 6) is 0.937. The molecule has 122 valence electrons. The van der Waals surface area contributed by atoms with Gasteiger partial charge in [0.15, 0.2) is 0 Å². The van der Waals surface area contributed by atoms with Crippen molar-refractivity contribution in [3.63, 3.8) is 0 Å². The van der Waals surface area contributed by atoms with Gasteiger partial charge in [0.05, 0.1) is 12.7 Å². The third kappa shape index (κ3) is 2.81. The van der Waals surface area contributed by atoms with E-state index >= 15 is 0 Å². The van der Waals surface area contributed by atoms with Crippen LogP contribution in [-0.4, -0.2) is 13.1 Å². The number of methoxy groups -OCH3 is 1. The molecule has 0 fully saturated rings. The molecule has 3 heteroatoms. The van der Waals surface area contributed by atoms with Crippen molar-refractivity contribution >= 4 is 28.6 Å². The van der Waals surface area contributed by atoms with Gasteiger partial charge in [-0.3, -0.25) is 0 Å². The van der Waals surface area contributed by atoms with Gasteiger partial charge >= 0.3 is 5.97 Å². The Morgan fingerprint density at radius 1 is 0.920 bits per heavy atom. The standard InChI is InChI=1S/C22H16O3/c1-24-20-12-5-3-8-16(20)13-17-14-21(25-22(17)23)19-11-6-9-15-7-2-4-10-18(15)19/h2-14H,1H3/b17-13-. The van der Waals surface area contributed by atoms with Crippen molar-refractivity contribution in [2.45, 2.75) is 0 Å². The molecule has 0 atom stereocenters. The molecule has 0 bridgehead atoms. The number of hydrogen-bond donors (Lipinski definition) is 0. The predicted molar refractivity (Wildman–Crippen MR) is 99.0 cm³/mol. The van der Waals surface area contributed by atoms with E-state index in [0.29, 0.717) is 11.3 Å². The highest BCUT2D eigenvalue weighted by atomic mass is 16.5. The molecule has 0 radical (unpaired) electrons. The first-order chi connectivity index (χ1) is 12.3. The number of para-hydroxylation sites is 1. The summed E-state index contributed by atoms with van der Waals surface area (Å²) in [5.41, 5.74) is 2.26. The Kier molecular flexibility index (Phi) is 3.82. The maximum atomic E-state index is 12.3. The number of ether oxygens (including phenoxy) is 2. The van der Waals surface area contributed by atoms with E-state index in [1.807, 2.05) is 66.7 Å². The molecule has 0 saturated carbocycles. The van der Waals surface area contributed by atoms with Crippen LogP contribution in [0.1, 0.15) is 11.1 Å². The molecule has 1 aliphatic rings. The molecule has 0 unspecified atom stereocenters. The van der Waals surface area contributed by atoms with Gasteiger partial charge in [-0.2, -0.15) is 0 Å². The lowest BCUT2D eigenvalue weighted by Crippen LogP contribution is -1.98. The first-order valence-corrected chi connectivity index (χ1v) is 8.03. The molecule has 0 aliphatic carbocycles. The van der Waals surface area contributed by atoms with Gasteiger partial charge < -0.3 is 9.47 Å². The third-order valence-electron chi connectivity index (χ3n) is 4.23. The average molecular weight is 328 g/mol. The van der Waals surface area contributed by atoms with E-state index in [2.05, 4.69) is 0 Å². The fourth-order valence-corrected chi connectivity index (χ4v) is 3.02. The lowest BCUT2D eigenvalue weighted by Gasteiger charge is -2.06. The first-order valence-electron chi connectivity index (χ1n) is 8.03. The minimum Gasteiger partial charge on any atom is -0.496 e. The summed E-state index contributed by atoms with van der Waals surface area (Å²) in [6, 6.07) is 21.6. The van der Waals surface area contributed by atoms with Crippen molar-refractivity contribution in [1.82, 2.24) is 0 Å². The number of carbonyl (C=O) groups is 1. The van der Waals surface area contributed by atoms with Gasteiger partial charge in [0.2, 0.25) is 0 Å². The molecule has 0 amide bonds. The SMILES string of the molecule is COc1ccccc1/C=C1/C=C(c2cccc3ccccc23)OC1=O. The van der Waals surface area contributed by atoms with Crippen molar-refractivity contribution in [2.24, 2.45) is 0 Å². The maximum Gasteiger partial charge on any atom is 0.343 e. The quantitative estimate of drug-likeness (QED) is 0.510. The highest BCUT2D eigenvalue weighted by molar-refractivity contribution is 6.07. The van der Waals surface area contributed by atoms with Crippen LogP contribution in [0.5, 0.6) is 5.75 Å². The van der Waals surface area contributed by atoms with Crippen LogP contribution in [0.3, 0.4) is 0 Å². The zero-order valence-electron chi connectivity index (χ0n) is 13.7. The molecule has 0 spiro atoms. The Hall–Kier alpha value is -3.33. The van der Waals surface area contributed by atoms with Gasteiger partial charge in [-0.15, -0.1) is 0 Å². The summed E-state index contributed by atoms with van der Waals surface area (Å²) in [6.45, 7) is 0. The zero-order valence-corrected chi connectivity index (χ0v) is 13.7. The second-order valence-corrected chi connectivity index (χ2v) is 5.77. The monoisotopic (exact) mass is 328 g/mol. The maximum absolute atomic E-state index is 12.3. The fourth-order valence-electron chi connectivity index (χ4n) is 3.02. The largest absolute Gasteiger partial charge is 0.496 e. The van der Waals surface area contributed by atoms with Crippen molar-refractivity contribution in [3.05, 3.63) is 89.5 Å². The van der Waals surface area contributed by atoms with E-state index in [0.717, 1.165) is 27.6 Å². The molecule has 3 aromatic rings. The van der Waals surface area contributed by atoms with Crippen molar-refractivity contribution < 1.29 is 14.3 Å². The minimum absolute atomic E-state index is 0.353. The van der Waals surface area contributed by atoms with Gasteiger partial charge in [-0.25, -0.2) is 4.79 Å². The number of rotatable bonds is 3. The van der Waals surface area contributed by atoms with Crippen LogP contribution in [0.25, 0.3) is 22.6 Å². The fraction of sp³-hybridized carbons (Fsp3) is 0.0455. The number of fused-ring (bicyclic) bond motifs is 1. The third-order valence-corrected chi connectivity index (χ3v) is 4.23. The van der Waals surface area contributed by atoms with Gasteiger partial charge in [0.25, 0.3) is 0 Å². The highest BCUT2D eigenvalue weighted by Crippen LogP contribution is 2.32. The Labute approximate surface area is 145 Å². The molecular formula is C22H16O3. The second-order valence-electron chi connectivity index (χ2n) is 5.77. The Bertz CT molecular complexity index is 1020. The Morgan fingerprint density at radius 2 is 1.68 bits per heavy atom. The molecule has 25 heavy (non-hydrogen) atoms. The number of hydrogen-bond acceptors (Lipinski definition) is 3. The molecule has 4 rings (SSSR count). The summed E-state index contributed by atoms with van der Waals surface area (Å²) in [4.78, 5) is 12.3. The molecule has 3 nitrogen and oxygen atoms in total. The predicted octanol–water partition coefficient (Wildman–Crippen LogP) is 4.83. The smallest absolute Gasteiger partial charge is 0.343 e. The van der Waals surface area contributed by atoms with Crippen molar-refractivity contribution in [1.29, 1.82) is 0 Å². The first kappa shape index (κ1) is 15.2. The number of carbonyl (C=O) groups excluding carboxylic acids is 1. The van der Waals surface area contributed by atoms with Crippen LogP contribution in [-0.2, 0) is 9.53 Å². The van der Waals surface area contributed by atoms with E-state index in [4.69, 9.17) is 9.47 Å². The van der Waals surface area contributed by atoms with Crippen LogP contribution in [0.4, 0.5) is 0 Å². The molecule has 3 aromatic carbocycles. The highest BCUT2D eigenvalue weighted by Gasteiger charge is 2.23.